The van der Waals surface area contributed by atoms with Crippen LogP contribution in [-0.2, 0) is 16.6 Å². The zero-order valence-electron chi connectivity index (χ0n) is 19.6. The smallest absolute Gasteiger partial charge is 0.251 e. The molecule has 0 aliphatic carbocycles. The van der Waals surface area contributed by atoms with Gasteiger partial charge in [0.1, 0.15) is 5.75 Å². The Morgan fingerprint density at radius 1 is 0.970 bits per heavy atom. The van der Waals surface area contributed by atoms with Crippen LogP contribution in [0.15, 0.2) is 66.7 Å². The molecule has 0 aromatic heterocycles. The number of hydrogen-bond donors (Lipinski definition) is 1. The molecule has 33 heavy (non-hydrogen) atoms. The molecule has 7 heteroatoms. The number of carbonyl (C=O) groups excluding carboxylic acids is 1. The minimum Gasteiger partial charge on any atom is -0.497 e. The molecule has 174 valence electrons. The lowest BCUT2D eigenvalue weighted by Crippen LogP contribution is -2.29. The number of aryl methyl sites for hydroxylation is 2. The molecular weight excluding hydrogens is 436 g/mol. The van der Waals surface area contributed by atoms with E-state index in [1.165, 1.54) is 10.6 Å². The van der Waals surface area contributed by atoms with E-state index in [2.05, 4.69) is 5.32 Å². The van der Waals surface area contributed by atoms with E-state index in [0.29, 0.717) is 11.3 Å². The van der Waals surface area contributed by atoms with Crippen molar-refractivity contribution in [1.82, 2.24) is 5.32 Å². The van der Waals surface area contributed by atoms with Crippen molar-refractivity contribution in [3.8, 4) is 5.75 Å². The van der Waals surface area contributed by atoms with Gasteiger partial charge in [-0.1, -0.05) is 30.3 Å². The van der Waals surface area contributed by atoms with Crippen LogP contribution in [0.3, 0.4) is 0 Å². The van der Waals surface area contributed by atoms with Gasteiger partial charge in [0.25, 0.3) is 5.91 Å². The van der Waals surface area contributed by atoms with Crippen LogP contribution in [0.2, 0.25) is 0 Å². The van der Waals surface area contributed by atoms with Crippen LogP contribution in [0.5, 0.6) is 5.75 Å². The van der Waals surface area contributed by atoms with Crippen molar-refractivity contribution in [3.63, 3.8) is 0 Å². The zero-order chi connectivity index (χ0) is 24.2. The van der Waals surface area contributed by atoms with Crippen molar-refractivity contribution in [1.29, 1.82) is 0 Å². The number of amides is 1. The Kier molecular flexibility index (Phi) is 7.43. The molecule has 0 saturated carbocycles. The van der Waals surface area contributed by atoms with Crippen molar-refractivity contribution >= 4 is 21.6 Å². The summed E-state index contributed by atoms with van der Waals surface area (Å²) in [4.78, 5) is 12.7. The Balaban J connectivity index is 1.72. The van der Waals surface area contributed by atoms with Gasteiger partial charge in [0, 0.05) is 5.56 Å². The number of methoxy groups -OCH3 is 1. The van der Waals surface area contributed by atoms with E-state index in [1.807, 2.05) is 63.2 Å². The summed E-state index contributed by atoms with van der Waals surface area (Å²) in [5.41, 5.74) is 5.02. The maximum absolute atomic E-state index is 12.7. The molecule has 0 radical (unpaired) electrons. The molecule has 0 aliphatic rings. The number of ether oxygens (including phenoxy) is 1. The molecule has 0 fully saturated rings. The average molecular weight is 467 g/mol. The van der Waals surface area contributed by atoms with Gasteiger partial charge in [0.05, 0.1) is 31.6 Å². The lowest BCUT2D eigenvalue weighted by atomic mass is 10.1. The first-order valence-corrected chi connectivity index (χ1v) is 12.5. The quantitative estimate of drug-likeness (QED) is 0.519. The van der Waals surface area contributed by atoms with E-state index < -0.39 is 10.0 Å². The lowest BCUT2D eigenvalue weighted by molar-refractivity contribution is 0.0940. The molecule has 0 bridgehead atoms. The molecule has 1 atom stereocenters. The van der Waals surface area contributed by atoms with E-state index >= 15 is 0 Å². The van der Waals surface area contributed by atoms with Crippen LogP contribution in [0.1, 0.15) is 45.6 Å². The third-order valence-electron chi connectivity index (χ3n) is 5.68. The molecule has 1 N–H and O–H groups in total. The summed E-state index contributed by atoms with van der Waals surface area (Å²) >= 11 is 0. The fourth-order valence-corrected chi connectivity index (χ4v) is 4.34. The molecule has 0 aliphatic heterocycles. The topological polar surface area (TPSA) is 75.7 Å². The van der Waals surface area contributed by atoms with Crippen LogP contribution in [-0.4, -0.2) is 27.7 Å². The molecule has 3 aromatic rings. The predicted octanol–water partition coefficient (Wildman–Crippen LogP) is 4.77. The average Bonchev–Trinajstić information content (AvgIpc) is 2.79. The number of anilines is 1. The summed E-state index contributed by atoms with van der Waals surface area (Å²) in [7, 11) is -1.87. The second kappa shape index (κ2) is 10.1. The Bertz CT molecular complexity index is 1220. The minimum atomic E-state index is -3.48. The molecule has 6 nitrogen and oxygen atoms in total. The number of hydrogen-bond acceptors (Lipinski definition) is 4. The first-order valence-electron chi connectivity index (χ1n) is 10.7. The second-order valence-corrected chi connectivity index (χ2v) is 10.1. The number of rotatable bonds is 8. The largest absolute Gasteiger partial charge is 0.497 e. The normalized spacial score (nSPS) is 12.2. The van der Waals surface area contributed by atoms with Gasteiger partial charge in [-0.2, -0.15) is 0 Å². The third kappa shape index (κ3) is 6.14. The van der Waals surface area contributed by atoms with Gasteiger partial charge in [-0.05, 0) is 79.4 Å². The van der Waals surface area contributed by atoms with Crippen molar-refractivity contribution in [2.75, 3.05) is 17.7 Å². The van der Waals surface area contributed by atoms with E-state index in [0.717, 1.165) is 28.0 Å². The molecule has 3 rings (SSSR count). The molecule has 3 aromatic carbocycles. The van der Waals surface area contributed by atoms with E-state index in [-0.39, 0.29) is 18.5 Å². The van der Waals surface area contributed by atoms with Crippen LogP contribution in [0.25, 0.3) is 0 Å². The highest BCUT2D eigenvalue weighted by Crippen LogP contribution is 2.24. The summed E-state index contributed by atoms with van der Waals surface area (Å²) in [5.74, 6) is 0.566. The van der Waals surface area contributed by atoms with E-state index in [1.54, 1.807) is 31.4 Å². The summed E-state index contributed by atoms with van der Waals surface area (Å²) in [6, 6.07) is 20.0. The molecule has 1 amide bonds. The van der Waals surface area contributed by atoms with Gasteiger partial charge in [-0.15, -0.1) is 0 Å². The lowest BCUT2D eigenvalue weighted by Gasteiger charge is -2.23. The van der Waals surface area contributed by atoms with Crippen LogP contribution in [0, 0.1) is 13.8 Å². The minimum absolute atomic E-state index is 0.173. The first kappa shape index (κ1) is 24.3. The molecular formula is C26H30N2O4S. The molecule has 0 spiro atoms. The van der Waals surface area contributed by atoms with Crippen molar-refractivity contribution < 1.29 is 17.9 Å². The third-order valence-corrected chi connectivity index (χ3v) is 6.83. The molecule has 0 heterocycles. The Morgan fingerprint density at radius 3 is 2.15 bits per heavy atom. The fraction of sp³-hybridized carbons (Fsp3) is 0.269. The van der Waals surface area contributed by atoms with Gasteiger partial charge in [0.15, 0.2) is 0 Å². The van der Waals surface area contributed by atoms with Crippen molar-refractivity contribution in [2.24, 2.45) is 0 Å². The summed E-state index contributed by atoms with van der Waals surface area (Å²) in [6.45, 7) is 6.05. The van der Waals surface area contributed by atoms with Gasteiger partial charge in [-0.25, -0.2) is 8.42 Å². The van der Waals surface area contributed by atoms with Gasteiger partial charge in [-0.3, -0.25) is 9.10 Å². The van der Waals surface area contributed by atoms with Crippen LogP contribution < -0.4 is 14.4 Å². The molecule has 0 saturated heterocycles. The standard InChI is InChI=1S/C26H30N2O4S/c1-18-6-13-24(16-19(18)2)28(33(5,30)31)17-21-7-9-23(10-8-21)26(29)27-20(3)22-11-14-25(32-4)15-12-22/h6-16,20H,17H2,1-5H3,(H,27,29)/t20-/m0/s1. The van der Waals surface area contributed by atoms with Crippen LogP contribution in [0.4, 0.5) is 5.69 Å². The number of carbonyl (C=O) groups is 1. The maximum atomic E-state index is 12.7. The second-order valence-electron chi connectivity index (χ2n) is 8.20. The Morgan fingerprint density at radius 2 is 1.61 bits per heavy atom. The highest BCUT2D eigenvalue weighted by atomic mass is 32.2. The van der Waals surface area contributed by atoms with Crippen molar-refractivity contribution in [2.45, 2.75) is 33.4 Å². The zero-order valence-corrected chi connectivity index (χ0v) is 20.4. The SMILES string of the molecule is COc1ccc([C@H](C)NC(=O)c2ccc(CN(c3ccc(C)c(C)c3)S(C)(=O)=O)cc2)cc1. The van der Waals surface area contributed by atoms with E-state index in [4.69, 9.17) is 4.74 Å². The number of nitrogens with zero attached hydrogens (tertiary/aromatic N) is 1. The predicted molar refractivity (Wildman–Crippen MR) is 132 cm³/mol. The highest BCUT2D eigenvalue weighted by molar-refractivity contribution is 7.92. The monoisotopic (exact) mass is 466 g/mol. The van der Waals surface area contributed by atoms with Crippen molar-refractivity contribution in [3.05, 3.63) is 94.5 Å². The Labute approximate surface area is 196 Å². The van der Waals surface area contributed by atoms with Gasteiger partial charge < -0.3 is 10.1 Å². The van der Waals surface area contributed by atoms with Gasteiger partial charge >= 0.3 is 0 Å². The van der Waals surface area contributed by atoms with E-state index in [9.17, 15) is 13.2 Å². The number of benzene rings is 3. The van der Waals surface area contributed by atoms with Gasteiger partial charge in [0.2, 0.25) is 10.0 Å². The first-order chi connectivity index (χ1) is 15.6. The van der Waals surface area contributed by atoms with Crippen LogP contribution >= 0.6 is 0 Å². The molecule has 0 unspecified atom stereocenters. The Hall–Kier alpha value is -3.32. The highest BCUT2D eigenvalue weighted by Gasteiger charge is 2.19. The summed E-state index contributed by atoms with van der Waals surface area (Å²) in [5, 5.41) is 2.99. The maximum Gasteiger partial charge on any atom is 0.251 e. The number of sulfonamides is 1. The number of nitrogens with one attached hydrogen (secondary N) is 1. The summed E-state index contributed by atoms with van der Waals surface area (Å²) < 4.78 is 31.5. The summed E-state index contributed by atoms with van der Waals surface area (Å²) in [6.07, 6.45) is 1.20. The fourth-order valence-electron chi connectivity index (χ4n) is 3.46.